The molecule has 3 N–H and O–H groups in total. The van der Waals surface area contributed by atoms with E-state index in [-0.39, 0.29) is 48.5 Å². The van der Waals surface area contributed by atoms with Gasteiger partial charge in [0.15, 0.2) is 5.82 Å². The van der Waals surface area contributed by atoms with Crippen LogP contribution in [0.2, 0.25) is 0 Å². The van der Waals surface area contributed by atoms with Crippen LogP contribution in [-0.2, 0) is 11.1 Å². The number of aromatic nitrogens is 2. The second kappa shape index (κ2) is 8.73. The average Bonchev–Trinajstić information content (AvgIpc) is 2.46. The Labute approximate surface area is 124 Å². The van der Waals surface area contributed by atoms with E-state index in [4.69, 9.17) is 24.4 Å². The monoisotopic (exact) mass is 291 g/mol. The predicted octanol–water partition coefficient (Wildman–Crippen LogP) is -4.46. The molecule has 0 fully saturated rings. The van der Waals surface area contributed by atoms with Crippen LogP contribution in [0, 0.1) is 17.0 Å². The number of nitrogens with zero attached hydrogens (tertiary/aromatic N) is 3. The fourth-order valence-electron chi connectivity index (χ4n) is 0.978. The number of aryl methyl sites for hydroxylation is 1. The summed E-state index contributed by atoms with van der Waals surface area (Å²) in [5.74, 6) is 0.456. The van der Waals surface area contributed by atoms with E-state index in [1.807, 2.05) is 0 Å². The van der Waals surface area contributed by atoms with Crippen LogP contribution < -0.4 is 34.5 Å². The molecule has 98 valence electrons. The molecule has 0 radical (unpaired) electrons. The first-order chi connectivity index (χ1) is 7.66. The quantitative estimate of drug-likeness (QED) is 0.217. The van der Waals surface area contributed by atoms with Crippen LogP contribution in [0.4, 0.5) is 5.82 Å². The molecule has 0 spiro atoms. The van der Waals surface area contributed by atoms with Gasteiger partial charge in [-0.25, -0.2) is 9.55 Å². The molecule has 12 heteroatoms. The maximum absolute atomic E-state index is 10.4. The number of hydrogen-bond acceptors (Lipinski definition) is 6. The van der Waals surface area contributed by atoms with E-state index < -0.39 is 12.7 Å². The van der Waals surface area contributed by atoms with Crippen molar-refractivity contribution in [2.75, 3.05) is 6.61 Å². The third-order valence-electron chi connectivity index (χ3n) is 1.54. The summed E-state index contributed by atoms with van der Waals surface area (Å²) in [6, 6.07) is 0. The minimum Gasteiger partial charge on any atom is -0.756 e. The molecule has 18 heavy (non-hydrogen) atoms. The summed E-state index contributed by atoms with van der Waals surface area (Å²) in [6.07, 6.45) is 1.19. The van der Waals surface area contributed by atoms with Crippen molar-refractivity contribution in [3.05, 3.63) is 22.1 Å². The minimum atomic E-state index is -4.89. The van der Waals surface area contributed by atoms with E-state index in [0.29, 0.717) is 5.82 Å². The van der Waals surface area contributed by atoms with Crippen LogP contribution in [-0.4, -0.2) is 36.0 Å². The van der Waals surface area contributed by atoms with Crippen molar-refractivity contribution in [3.63, 3.8) is 0 Å². The van der Waals surface area contributed by atoms with E-state index in [1.54, 1.807) is 6.92 Å². The largest absolute Gasteiger partial charge is 1.00 e. The normalized spacial score (nSPS) is 10.1. The zero-order valence-corrected chi connectivity index (χ0v) is 12.6. The van der Waals surface area contributed by atoms with Gasteiger partial charge < -0.3 is 29.9 Å². The Kier molecular flexibility index (Phi) is 9.70. The van der Waals surface area contributed by atoms with Crippen LogP contribution in [0.3, 0.4) is 0 Å². The van der Waals surface area contributed by atoms with Gasteiger partial charge in [-0.2, -0.15) is 0 Å². The minimum absolute atomic E-state index is 0. The van der Waals surface area contributed by atoms with Crippen molar-refractivity contribution >= 4 is 13.6 Å². The molecule has 1 aromatic rings. The summed E-state index contributed by atoms with van der Waals surface area (Å²) < 4.78 is 10.1. The third kappa shape index (κ3) is 8.72. The first kappa shape index (κ1) is 20.0. The van der Waals surface area contributed by atoms with Gasteiger partial charge in [-0.1, -0.05) is 0 Å². The van der Waals surface area contributed by atoms with Crippen LogP contribution in [0.5, 0.6) is 0 Å². The molecule has 0 unspecified atom stereocenters. The number of nitro groups is 1. The van der Waals surface area contributed by atoms with Gasteiger partial charge in [-0.15, -0.1) is 0 Å². The van der Waals surface area contributed by atoms with E-state index in [2.05, 4.69) is 4.98 Å². The standard InChI is InChI=1S/C6H9N3O3.Na.H3O4P/c1-5-7-4-6(9(11)12)8(5)2-3-10;;1-5(2,3)4/h4,10H,2-3H2,1H3;;(H3,1,2,3,4)/q;+1;/p-1. The van der Waals surface area contributed by atoms with Crippen molar-refractivity contribution in [1.29, 1.82) is 0 Å². The Hall–Kier alpha value is -0.320. The first-order valence-corrected chi connectivity index (χ1v) is 5.73. The van der Waals surface area contributed by atoms with E-state index in [1.165, 1.54) is 10.8 Å². The van der Waals surface area contributed by atoms with Crippen LogP contribution in [0.1, 0.15) is 5.82 Å². The summed E-state index contributed by atoms with van der Waals surface area (Å²) >= 11 is 0. The molecule has 0 amide bonds. The van der Waals surface area contributed by atoms with Crippen molar-refractivity contribution in [3.8, 4) is 0 Å². The van der Waals surface area contributed by atoms with Crippen LogP contribution >= 0.6 is 7.82 Å². The summed E-state index contributed by atoms with van der Waals surface area (Å²) in [5.41, 5.74) is 0. The second-order valence-electron chi connectivity index (χ2n) is 2.79. The molecule has 1 rings (SSSR count). The SMILES string of the molecule is Cc1ncc([N+](=O)[O-])n1CCO.O=P([O-])(O)O.[Na+]. The molecule has 1 heterocycles. The molecule has 0 bridgehead atoms. The first-order valence-electron chi connectivity index (χ1n) is 4.20. The van der Waals surface area contributed by atoms with Gasteiger partial charge in [0.2, 0.25) is 0 Å². The number of aliphatic hydroxyl groups excluding tert-OH is 1. The Morgan fingerprint density at radius 3 is 2.33 bits per heavy atom. The van der Waals surface area contributed by atoms with Crippen molar-refractivity contribution in [2.24, 2.45) is 0 Å². The van der Waals surface area contributed by atoms with E-state index >= 15 is 0 Å². The van der Waals surface area contributed by atoms with E-state index in [9.17, 15) is 10.1 Å². The molecular formula is C6H11N3NaO7P. The Morgan fingerprint density at radius 2 is 2.00 bits per heavy atom. The third-order valence-corrected chi connectivity index (χ3v) is 1.54. The van der Waals surface area contributed by atoms with Gasteiger partial charge in [0, 0.05) is 6.92 Å². The maximum atomic E-state index is 10.4. The number of rotatable bonds is 3. The van der Waals surface area contributed by atoms with Gasteiger partial charge in [-0.3, -0.25) is 4.57 Å². The maximum Gasteiger partial charge on any atom is 1.00 e. The predicted molar refractivity (Wildman–Crippen MR) is 52.7 cm³/mol. The zero-order valence-electron chi connectivity index (χ0n) is 9.76. The fraction of sp³-hybridized carbons (Fsp3) is 0.500. The van der Waals surface area contributed by atoms with Crippen LogP contribution in [0.25, 0.3) is 0 Å². The number of phosphoric acid groups is 1. The zero-order chi connectivity index (χ0) is 13.6. The molecule has 10 nitrogen and oxygen atoms in total. The van der Waals surface area contributed by atoms with E-state index in [0.717, 1.165) is 0 Å². The second-order valence-corrected chi connectivity index (χ2v) is 3.77. The molecule has 1 aromatic heterocycles. The molecule has 0 aliphatic carbocycles. The Balaban J connectivity index is 0. The number of imidazole rings is 1. The average molecular weight is 291 g/mol. The van der Waals surface area contributed by atoms with Gasteiger partial charge in [0.25, 0.3) is 7.82 Å². The van der Waals surface area contributed by atoms with Crippen molar-refractivity contribution in [1.82, 2.24) is 9.55 Å². The number of hydrogen-bond donors (Lipinski definition) is 3. The van der Waals surface area contributed by atoms with Gasteiger partial charge in [0.05, 0.1) is 6.61 Å². The van der Waals surface area contributed by atoms with Crippen molar-refractivity contribution in [2.45, 2.75) is 13.5 Å². The molecule has 0 atom stereocenters. The molecule has 0 saturated heterocycles. The molecule has 0 saturated carbocycles. The Bertz CT molecular complexity index is 423. The van der Waals surface area contributed by atoms with Crippen molar-refractivity contribution < 1.29 is 58.8 Å². The molecule has 0 aliphatic heterocycles. The molecule has 0 aliphatic rings. The summed E-state index contributed by atoms with van der Waals surface area (Å²) in [6.45, 7) is 1.74. The smallest absolute Gasteiger partial charge is 0.756 e. The fourth-order valence-corrected chi connectivity index (χ4v) is 0.978. The number of aliphatic hydroxyl groups is 1. The Morgan fingerprint density at radius 1 is 1.56 bits per heavy atom. The molecule has 0 aromatic carbocycles. The summed E-state index contributed by atoms with van der Waals surface area (Å²) in [5, 5.41) is 19.0. The van der Waals surface area contributed by atoms with Gasteiger partial charge >= 0.3 is 35.4 Å². The molecular weight excluding hydrogens is 280 g/mol. The van der Waals surface area contributed by atoms with Crippen LogP contribution in [0.15, 0.2) is 6.20 Å². The topological polar surface area (TPSA) is 162 Å². The van der Waals surface area contributed by atoms with Gasteiger partial charge in [-0.05, 0) is 4.92 Å². The van der Waals surface area contributed by atoms with Gasteiger partial charge in [0.1, 0.15) is 12.7 Å². The summed E-state index contributed by atoms with van der Waals surface area (Å²) in [7, 11) is -4.89. The summed E-state index contributed by atoms with van der Waals surface area (Å²) in [4.78, 5) is 36.5.